The molecule has 1 saturated carbocycles. The zero-order chi connectivity index (χ0) is 9.59. The van der Waals surface area contributed by atoms with Crippen LogP contribution in [0.5, 0.6) is 0 Å². The molecule has 13 heavy (non-hydrogen) atoms. The summed E-state index contributed by atoms with van der Waals surface area (Å²) in [4.78, 5) is 22.9. The number of carbonyl (C=O) groups is 2. The summed E-state index contributed by atoms with van der Waals surface area (Å²) in [5.74, 6) is -1.13. The maximum absolute atomic E-state index is 11.2. The van der Waals surface area contributed by atoms with Crippen LogP contribution in [-0.4, -0.2) is 21.6 Å². The molecule has 3 nitrogen and oxygen atoms in total. The van der Waals surface area contributed by atoms with E-state index in [0.29, 0.717) is 12.8 Å². The van der Waals surface area contributed by atoms with E-state index in [1.54, 1.807) is 0 Å². The molecular weight excluding hydrogens is 304 g/mol. The Bertz CT molecular complexity index is 240. The minimum absolute atomic E-state index is 0.217. The van der Waals surface area contributed by atoms with Crippen LogP contribution < -0.4 is 0 Å². The number of cyclic esters (lactones) is 2. The minimum atomic E-state index is -0.348. The lowest BCUT2D eigenvalue weighted by atomic mass is 9.81. The number of fused-ring (bicyclic) bond motifs is 1. The van der Waals surface area contributed by atoms with Crippen LogP contribution >= 0.6 is 31.9 Å². The van der Waals surface area contributed by atoms with Gasteiger partial charge in [-0.25, -0.2) is 0 Å². The van der Waals surface area contributed by atoms with Crippen LogP contribution in [0.4, 0.5) is 0 Å². The Kier molecular flexibility index (Phi) is 2.49. The Labute approximate surface area is 92.5 Å². The van der Waals surface area contributed by atoms with Crippen LogP contribution in [0.2, 0.25) is 0 Å². The van der Waals surface area contributed by atoms with Crippen LogP contribution in [0.15, 0.2) is 0 Å². The molecule has 0 bridgehead atoms. The van der Waals surface area contributed by atoms with Crippen LogP contribution in [0.3, 0.4) is 0 Å². The number of hydrogen-bond acceptors (Lipinski definition) is 3. The first-order valence-corrected chi connectivity index (χ1v) is 5.96. The fourth-order valence-electron chi connectivity index (χ4n) is 1.88. The minimum Gasteiger partial charge on any atom is -0.393 e. The lowest BCUT2D eigenvalue weighted by Gasteiger charge is -2.28. The monoisotopic (exact) mass is 310 g/mol. The fraction of sp³-hybridized carbons (Fsp3) is 0.750. The number of hydrogen-bond donors (Lipinski definition) is 0. The first-order chi connectivity index (χ1) is 6.09. The van der Waals surface area contributed by atoms with Crippen molar-refractivity contribution in [3.05, 3.63) is 0 Å². The summed E-state index contributed by atoms with van der Waals surface area (Å²) in [7, 11) is 0. The third-order valence-electron chi connectivity index (χ3n) is 2.64. The van der Waals surface area contributed by atoms with E-state index in [1.165, 1.54) is 0 Å². The number of rotatable bonds is 0. The van der Waals surface area contributed by atoms with Gasteiger partial charge in [0.25, 0.3) is 0 Å². The average molecular weight is 312 g/mol. The predicted molar refractivity (Wildman–Crippen MR) is 52.7 cm³/mol. The number of esters is 2. The van der Waals surface area contributed by atoms with E-state index < -0.39 is 0 Å². The van der Waals surface area contributed by atoms with E-state index in [-0.39, 0.29) is 33.4 Å². The van der Waals surface area contributed by atoms with E-state index in [0.717, 1.165) is 0 Å². The third-order valence-corrected chi connectivity index (χ3v) is 5.38. The van der Waals surface area contributed by atoms with Crippen LogP contribution in [0.25, 0.3) is 0 Å². The predicted octanol–water partition coefficient (Wildman–Crippen LogP) is 1.62. The quantitative estimate of drug-likeness (QED) is 0.388. The van der Waals surface area contributed by atoms with Gasteiger partial charge in [0, 0.05) is 9.65 Å². The molecule has 1 heterocycles. The van der Waals surface area contributed by atoms with Crippen molar-refractivity contribution in [1.29, 1.82) is 0 Å². The highest BCUT2D eigenvalue weighted by molar-refractivity contribution is 9.12. The second kappa shape index (κ2) is 3.35. The Morgan fingerprint density at radius 3 is 1.77 bits per heavy atom. The second-order valence-corrected chi connectivity index (χ2v) is 5.81. The molecule has 0 amide bonds. The van der Waals surface area contributed by atoms with Crippen LogP contribution in [-0.2, 0) is 14.3 Å². The van der Waals surface area contributed by atoms with Crippen molar-refractivity contribution in [1.82, 2.24) is 0 Å². The molecule has 5 heteroatoms. The highest BCUT2D eigenvalue weighted by atomic mass is 79.9. The van der Waals surface area contributed by atoms with Gasteiger partial charge in [0.05, 0.1) is 11.8 Å². The number of halogens is 2. The Morgan fingerprint density at radius 2 is 1.38 bits per heavy atom. The van der Waals surface area contributed by atoms with Gasteiger partial charge < -0.3 is 4.74 Å². The Hall–Kier alpha value is 0.1000. The van der Waals surface area contributed by atoms with Gasteiger partial charge in [0.15, 0.2) is 0 Å². The summed E-state index contributed by atoms with van der Waals surface area (Å²) in [6.45, 7) is 0. The van der Waals surface area contributed by atoms with Crippen LogP contribution in [0.1, 0.15) is 12.8 Å². The molecule has 4 atom stereocenters. The topological polar surface area (TPSA) is 43.4 Å². The van der Waals surface area contributed by atoms with Gasteiger partial charge in [-0.2, -0.15) is 0 Å². The lowest BCUT2D eigenvalue weighted by Crippen LogP contribution is -2.34. The number of alkyl halides is 2. The summed E-state index contributed by atoms with van der Waals surface area (Å²) in [6.07, 6.45) is 1.37. The smallest absolute Gasteiger partial charge is 0.317 e. The van der Waals surface area contributed by atoms with Gasteiger partial charge in [0.1, 0.15) is 0 Å². The molecule has 0 aromatic carbocycles. The molecule has 0 aromatic rings. The summed E-state index contributed by atoms with van der Waals surface area (Å²) >= 11 is 6.94. The molecule has 1 saturated heterocycles. The van der Waals surface area contributed by atoms with Crippen molar-refractivity contribution in [2.24, 2.45) is 11.8 Å². The lowest BCUT2D eigenvalue weighted by molar-refractivity contribution is -0.153. The summed E-state index contributed by atoms with van der Waals surface area (Å²) < 4.78 is 4.59. The van der Waals surface area contributed by atoms with Crippen LogP contribution in [0, 0.1) is 11.8 Å². The van der Waals surface area contributed by atoms with Crippen molar-refractivity contribution >= 4 is 43.8 Å². The van der Waals surface area contributed by atoms with Crippen molar-refractivity contribution in [3.63, 3.8) is 0 Å². The van der Waals surface area contributed by atoms with Crippen molar-refractivity contribution < 1.29 is 14.3 Å². The normalized spacial score (nSPS) is 44.5. The highest BCUT2D eigenvalue weighted by Crippen LogP contribution is 2.41. The maximum Gasteiger partial charge on any atom is 0.317 e. The molecule has 1 aliphatic carbocycles. The molecular formula is C8H8Br2O3. The highest BCUT2D eigenvalue weighted by Gasteiger charge is 2.49. The molecule has 2 aliphatic rings. The Morgan fingerprint density at radius 1 is 1.00 bits per heavy atom. The maximum atomic E-state index is 11.2. The van der Waals surface area contributed by atoms with E-state index in [9.17, 15) is 9.59 Å². The van der Waals surface area contributed by atoms with Gasteiger partial charge >= 0.3 is 11.9 Å². The molecule has 0 radical (unpaired) electrons. The standard InChI is InChI=1S/C8H8Br2O3/c9-5-1-3-4(2-6(5)10)8(12)13-7(3)11/h3-6H,1-2H2/t3-,4+,5-,6+. The molecule has 0 N–H and O–H groups in total. The van der Waals surface area contributed by atoms with Gasteiger partial charge in [0.2, 0.25) is 0 Å². The molecule has 2 fully saturated rings. The van der Waals surface area contributed by atoms with Crippen molar-refractivity contribution in [3.8, 4) is 0 Å². The first-order valence-electron chi connectivity index (χ1n) is 4.13. The first kappa shape index (κ1) is 9.65. The van der Waals surface area contributed by atoms with E-state index in [2.05, 4.69) is 36.6 Å². The number of carbonyl (C=O) groups excluding carboxylic acids is 2. The van der Waals surface area contributed by atoms with Gasteiger partial charge in [-0.3, -0.25) is 9.59 Å². The summed E-state index contributed by atoms with van der Waals surface area (Å²) in [6, 6.07) is 0. The molecule has 0 aromatic heterocycles. The Balaban J connectivity index is 2.19. The molecule has 72 valence electrons. The van der Waals surface area contributed by atoms with Gasteiger partial charge in [-0.1, -0.05) is 31.9 Å². The summed E-state index contributed by atoms with van der Waals surface area (Å²) in [5, 5.41) is 0. The SMILES string of the molecule is O=C1OC(=O)[C@@H]2C[C@@H](Br)[C@@H](Br)C[C@H]12. The third kappa shape index (κ3) is 1.56. The molecule has 0 unspecified atom stereocenters. The zero-order valence-corrected chi connectivity index (χ0v) is 9.88. The second-order valence-electron chi connectivity index (χ2n) is 3.46. The average Bonchev–Trinajstić information content (AvgIpc) is 2.31. The van der Waals surface area contributed by atoms with E-state index in [4.69, 9.17) is 0 Å². The van der Waals surface area contributed by atoms with Crippen molar-refractivity contribution in [2.75, 3.05) is 0 Å². The van der Waals surface area contributed by atoms with E-state index in [1.807, 2.05) is 0 Å². The van der Waals surface area contributed by atoms with Gasteiger partial charge in [-0.05, 0) is 12.8 Å². The summed E-state index contributed by atoms with van der Waals surface area (Å²) in [5.41, 5.74) is 0. The largest absolute Gasteiger partial charge is 0.393 e. The van der Waals surface area contributed by atoms with Gasteiger partial charge in [-0.15, -0.1) is 0 Å². The number of ether oxygens (including phenoxy) is 1. The molecule has 1 aliphatic heterocycles. The molecule has 2 rings (SSSR count). The molecule has 0 spiro atoms. The fourth-order valence-corrected chi connectivity index (χ4v) is 3.12. The van der Waals surface area contributed by atoms with Crippen molar-refractivity contribution in [2.45, 2.75) is 22.5 Å². The van der Waals surface area contributed by atoms with E-state index >= 15 is 0 Å². The zero-order valence-electron chi connectivity index (χ0n) is 6.70.